The van der Waals surface area contributed by atoms with E-state index >= 15 is 0 Å². The van der Waals surface area contributed by atoms with Gasteiger partial charge in [-0.05, 0) is 18.2 Å². The van der Waals surface area contributed by atoms with Crippen LogP contribution in [0.15, 0.2) is 54.7 Å². The van der Waals surface area contributed by atoms with E-state index in [1.807, 2.05) is 48.5 Å². The van der Waals surface area contributed by atoms with Gasteiger partial charge in [0.1, 0.15) is 24.2 Å². The first-order chi connectivity index (χ1) is 11.8. The first-order valence-electron chi connectivity index (χ1n) is 7.60. The summed E-state index contributed by atoms with van der Waals surface area (Å²) in [6.07, 6.45) is 1.59. The Hall–Kier alpha value is -3.26. The molecule has 0 aliphatic heterocycles. The molecule has 0 radical (unpaired) electrons. The Labute approximate surface area is 140 Å². The molecule has 1 N–H and O–H groups in total. The van der Waals surface area contributed by atoms with Crippen LogP contribution in [-0.4, -0.2) is 25.2 Å². The number of aromatic nitrogens is 1. The van der Waals surface area contributed by atoms with E-state index in [-0.39, 0.29) is 0 Å². The van der Waals surface area contributed by atoms with Crippen LogP contribution in [0.5, 0.6) is 11.5 Å². The van der Waals surface area contributed by atoms with Gasteiger partial charge in [0.25, 0.3) is 0 Å². The zero-order valence-electron chi connectivity index (χ0n) is 13.3. The van der Waals surface area contributed by atoms with Crippen molar-refractivity contribution in [1.82, 2.24) is 4.98 Å². The molecule has 1 aromatic heterocycles. The summed E-state index contributed by atoms with van der Waals surface area (Å²) in [6.45, 7) is 1.04. The fourth-order valence-corrected chi connectivity index (χ4v) is 2.45. The van der Waals surface area contributed by atoms with Crippen molar-refractivity contribution < 1.29 is 9.47 Å². The van der Waals surface area contributed by atoms with Gasteiger partial charge in [-0.1, -0.05) is 24.3 Å². The topological polar surface area (TPSA) is 67.2 Å². The summed E-state index contributed by atoms with van der Waals surface area (Å²) < 4.78 is 10.9. The summed E-state index contributed by atoms with van der Waals surface area (Å²) >= 11 is 0. The van der Waals surface area contributed by atoms with E-state index in [0.717, 1.165) is 28.1 Å². The predicted octanol–water partition coefficient (Wildman–Crippen LogP) is 3.61. The standard InChI is InChI=1S/C19H17N3O2/c1-23-15-5-4-6-16(11-15)24-10-9-21-19-14(12-20)13-22-18-8-3-2-7-17(18)19/h2-8,11,13H,9-10H2,1H3,(H,21,22). The molecular weight excluding hydrogens is 302 g/mol. The molecule has 0 unspecified atom stereocenters. The van der Waals surface area contributed by atoms with Crippen molar-refractivity contribution in [3.63, 3.8) is 0 Å². The van der Waals surface area contributed by atoms with Gasteiger partial charge in [-0.25, -0.2) is 0 Å². The highest BCUT2D eigenvalue weighted by Gasteiger charge is 2.08. The number of ether oxygens (including phenoxy) is 2. The molecule has 0 saturated heterocycles. The average Bonchev–Trinajstić information content (AvgIpc) is 2.65. The molecule has 1 heterocycles. The number of nitriles is 1. The maximum atomic E-state index is 9.29. The summed E-state index contributed by atoms with van der Waals surface area (Å²) in [6, 6.07) is 17.4. The first kappa shape index (κ1) is 15.6. The minimum absolute atomic E-state index is 0.467. The Balaban J connectivity index is 1.68. The van der Waals surface area contributed by atoms with E-state index in [1.165, 1.54) is 0 Å². The number of nitrogens with one attached hydrogen (secondary N) is 1. The van der Waals surface area contributed by atoms with Gasteiger partial charge >= 0.3 is 0 Å². The molecule has 120 valence electrons. The van der Waals surface area contributed by atoms with E-state index in [0.29, 0.717) is 18.7 Å². The fourth-order valence-electron chi connectivity index (χ4n) is 2.45. The number of hydrogen-bond donors (Lipinski definition) is 1. The molecule has 24 heavy (non-hydrogen) atoms. The van der Waals surface area contributed by atoms with Crippen molar-refractivity contribution in [3.05, 3.63) is 60.3 Å². The van der Waals surface area contributed by atoms with Crippen LogP contribution < -0.4 is 14.8 Å². The second-order valence-electron chi connectivity index (χ2n) is 5.13. The number of benzene rings is 2. The van der Waals surface area contributed by atoms with Gasteiger partial charge in [0, 0.05) is 24.2 Å². The molecule has 0 fully saturated rings. The molecule has 3 aromatic rings. The van der Waals surface area contributed by atoms with Gasteiger partial charge in [-0.15, -0.1) is 0 Å². The maximum Gasteiger partial charge on any atom is 0.123 e. The summed E-state index contributed by atoms with van der Waals surface area (Å²) in [4.78, 5) is 4.30. The van der Waals surface area contributed by atoms with Crippen LogP contribution >= 0.6 is 0 Å². The Morgan fingerprint density at radius 2 is 1.96 bits per heavy atom. The third-order valence-electron chi connectivity index (χ3n) is 3.61. The van der Waals surface area contributed by atoms with Crippen molar-refractivity contribution in [2.45, 2.75) is 0 Å². The zero-order chi connectivity index (χ0) is 16.8. The van der Waals surface area contributed by atoms with Crippen LogP contribution in [0.1, 0.15) is 5.56 Å². The lowest BCUT2D eigenvalue weighted by Gasteiger charge is -2.12. The number of anilines is 1. The summed E-state index contributed by atoms with van der Waals surface area (Å²) in [5, 5.41) is 13.5. The minimum Gasteiger partial charge on any atom is -0.497 e. The van der Waals surface area contributed by atoms with Crippen LogP contribution in [0.3, 0.4) is 0 Å². The van der Waals surface area contributed by atoms with Gasteiger partial charge in [-0.3, -0.25) is 4.98 Å². The molecule has 5 nitrogen and oxygen atoms in total. The normalized spacial score (nSPS) is 10.2. The number of rotatable bonds is 6. The molecule has 0 amide bonds. The number of hydrogen-bond acceptors (Lipinski definition) is 5. The van der Waals surface area contributed by atoms with Crippen LogP contribution in [0.4, 0.5) is 5.69 Å². The average molecular weight is 319 g/mol. The van der Waals surface area contributed by atoms with Crippen LogP contribution in [-0.2, 0) is 0 Å². The Bertz CT molecular complexity index is 887. The van der Waals surface area contributed by atoms with E-state index in [9.17, 15) is 5.26 Å². The van der Waals surface area contributed by atoms with E-state index in [2.05, 4.69) is 16.4 Å². The second-order valence-corrected chi connectivity index (χ2v) is 5.13. The zero-order valence-corrected chi connectivity index (χ0v) is 13.3. The number of pyridine rings is 1. The van der Waals surface area contributed by atoms with E-state index in [4.69, 9.17) is 9.47 Å². The van der Waals surface area contributed by atoms with Gasteiger partial charge in [-0.2, -0.15) is 5.26 Å². The summed E-state index contributed by atoms with van der Waals surface area (Å²) in [5.41, 5.74) is 2.17. The van der Waals surface area contributed by atoms with Crippen molar-refractivity contribution in [1.29, 1.82) is 5.26 Å². The molecule has 0 saturated carbocycles. The molecule has 2 aromatic carbocycles. The van der Waals surface area contributed by atoms with Crippen LogP contribution in [0, 0.1) is 11.3 Å². The number of nitrogens with zero attached hydrogens (tertiary/aromatic N) is 2. The van der Waals surface area contributed by atoms with Crippen molar-refractivity contribution in [2.75, 3.05) is 25.6 Å². The third-order valence-corrected chi connectivity index (χ3v) is 3.61. The lowest BCUT2D eigenvalue weighted by atomic mass is 10.1. The van der Waals surface area contributed by atoms with Gasteiger partial charge in [0.2, 0.25) is 0 Å². The molecule has 0 bridgehead atoms. The monoisotopic (exact) mass is 319 g/mol. The van der Waals surface area contributed by atoms with E-state index in [1.54, 1.807) is 13.3 Å². The molecular formula is C19H17N3O2. The van der Waals surface area contributed by atoms with Crippen LogP contribution in [0.25, 0.3) is 10.9 Å². The second kappa shape index (κ2) is 7.34. The SMILES string of the molecule is COc1cccc(OCCNc2c(C#N)cnc3ccccc23)c1. The molecule has 0 atom stereocenters. The lowest BCUT2D eigenvalue weighted by Crippen LogP contribution is -2.12. The highest BCUT2D eigenvalue weighted by atomic mass is 16.5. The first-order valence-corrected chi connectivity index (χ1v) is 7.60. The highest BCUT2D eigenvalue weighted by Crippen LogP contribution is 2.25. The predicted molar refractivity (Wildman–Crippen MR) is 93.4 cm³/mol. The van der Waals surface area contributed by atoms with Crippen molar-refractivity contribution in [3.8, 4) is 17.6 Å². The lowest BCUT2D eigenvalue weighted by molar-refractivity contribution is 0.329. The largest absolute Gasteiger partial charge is 0.497 e. The summed E-state index contributed by atoms with van der Waals surface area (Å²) in [5.74, 6) is 1.50. The Morgan fingerprint density at radius 3 is 2.79 bits per heavy atom. The van der Waals surface area contributed by atoms with Crippen molar-refractivity contribution >= 4 is 16.6 Å². The maximum absolute atomic E-state index is 9.29. The quantitative estimate of drug-likeness (QED) is 0.703. The van der Waals surface area contributed by atoms with E-state index < -0.39 is 0 Å². The molecule has 0 aliphatic rings. The minimum atomic E-state index is 0.467. The fraction of sp³-hybridized carbons (Fsp3) is 0.158. The molecule has 5 heteroatoms. The molecule has 3 rings (SSSR count). The smallest absolute Gasteiger partial charge is 0.123 e. The molecule has 0 aliphatic carbocycles. The van der Waals surface area contributed by atoms with Gasteiger partial charge in [0.05, 0.1) is 23.9 Å². The summed E-state index contributed by atoms with van der Waals surface area (Å²) in [7, 11) is 1.62. The Morgan fingerprint density at radius 1 is 1.12 bits per heavy atom. The third kappa shape index (κ3) is 3.39. The highest BCUT2D eigenvalue weighted by molar-refractivity contribution is 5.93. The van der Waals surface area contributed by atoms with Crippen molar-refractivity contribution in [2.24, 2.45) is 0 Å². The van der Waals surface area contributed by atoms with Gasteiger partial charge < -0.3 is 14.8 Å². The number of para-hydroxylation sites is 1. The van der Waals surface area contributed by atoms with Crippen LogP contribution in [0.2, 0.25) is 0 Å². The van der Waals surface area contributed by atoms with Gasteiger partial charge in [0.15, 0.2) is 0 Å². The molecule has 0 spiro atoms. The number of fused-ring (bicyclic) bond motifs is 1. The Kier molecular flexibility index (Phi) is 4.78. The number of methoxy groups -OCH3 is 1.